The Morgan fingerprint density at radius 1 is 1.21 bits per heavy atom. The third-order valence-electron chi connectivity index (χ3n) is 3.97. The number of carbonyl (C=O) groups is 2. The number of nitrogens with one attached hydrogen (secondary N) is 1. The molecule has 0 saturated carbocycles. The van der Waals surface area contributed by atoms with Crippen molar-refractivity contribution in [1.29, 1.82) is 0 Å². The van der Waals surface area contributed by atoms with Crippen LogP contribution in [0, 0.1) is 6.92 Å². The molecule has 0 bridgehead atoms. The number of hydrogen-bond donors (Lipinski definition) is 1. The highest BCUT2D eigenvalue weighted by Gasteiger charge is 2.31. The first-order chi connectivity index (χ1) is 11.6. The van der Waals surface area contributed by atoms with Crippen LogP contribution in [0.25, 0.3) is 0 Å². The SMILES string of the molecule is Cc1cccc(C(=O)NCCC2CN(c3ccccc3)C(=O)O2)c1. The van der Waals surface area contributed by atoms with Gasteiger partial charge in [0.2, 0.25) is 0 Å². The summed E-state index contributed by atoms with van der Waals surface area (Å²) in [6.07, 6.45) is 0.0406. The molecule has 3 rings (SSSR count). The Morgan fingerprint density at radius 2 is 2.00 bits per heavy atom. The lowest BCUT2D eigenvalue weighted by atomic mass is 10.1. The van der Waals surface area contributed by atoms with Crippen LogP contribution in [0.3, 0.4) is 0 Å². The number of hydrogen-bond acceptors (Lipinski definition) is 3. The van der Waals surface area contributed by atoms with Gasteiger partial charge in [0.1, 0.15) is 6.10 Å². The molecule has 1 N–H and O–H groups in total. The summed E-state index contributed by atoms with van der Waals surface area (Å²) in [7, 11) is 0. The lowest BCUT2D eigenvalue weighted by molar-refractivity contribution is 0.0944. The largest absolute Gasteiger partial charge is 0.444 e. The second-order valence-corrected chi connectivity index (χ2v) is 5.87. The van der Waals surface area contributed by atoms with Crippen molar-refractivity contribution in [2.75, 3.05) is 18.0 Å². The van der Waals surface area contributed by atoms with Crippen LogP contribution in [0.1, 0.15) is 22.3 Å². The molecule has 1 aliphatic rings. The molecule has 1 unspecified atom stereocenters. The van der Waals surface area contributed by atoms with Crippen LogP contribution < -0.4 is 10.2 Å². The molecule has 1 heterocycles. The van der Waals surface area contributed by atoms with Crippen molar-refractivity contribution in [3.05, 3.63) is 65.7 Å². The molecule has 0 spiro atoms. The van der Waals surface area contributed by atoms with Gasteiger partial charge < -0.3 is 10.1 Å². The average molecular weight is 324 g/mol. The summed E-state index contributed by atoms with van der Waals surface area (Å²) < 4.78 is 5.37. The fourth-order valence-corrected chi connectivity index (χ4v) is 2.73. The van der Waals surface area contributed by atoms with E-state index in [1.54, 1.807) is 11.0 Å². The average Bonchev–Trinajstić information content (AvgIpc) is 2.96. The Labute approximate surface area is 141 Å². The van der Waals surface area contributed by atoms with Gasteiger partial charge in [-0.15, -0.1) is 0 Å². The molecule has 0 aliphatic carbocycles. The Bertz CT molecular complexity index is 730. The quantitative estimate of drug-likeness (QED) is 0.919. The Kier molecular flexibility index (Phi) is 4.79. The first-order valence-electron chi connectivity index (χ1n) is 8.01. The second kappa shape index (κ2) is 7.17. The van der Waals surface area contributed by atoms with E-state index in [0.29, 0.717) is 25.1 Å². The zero-order valence-corrected chi connectivity index (χ0v) is 13.6. The molecule has 1 aliphatic heterocycles. The molecular weight excluding hydrogens is 304 g/mol. The van der Waals surface area contributed by atoms with Crippen LogP contribution in [0.15, 0.2) is 54.6 Å². The molecule has 5 heteroatoms. The Morgan fingerprint density at radius 3 is 2.75 bits per heavy atom. The zero-order valence-electron chi connectivity index (χ0n) is 13.6. The molecule has 1 atom stereocenters. The van der Waals surface area contributed by atoms with Crippen LogP contribution >= 0.6 is 0 Å². The summed E-state index contributed by atoms with van der Waals surface area (Å²) in [4.78, 5) is 25.7. The third-order valence-corrected chi connectivity index (χ3v) is 3.97. The standard InChI is InChI=1S/C19H20N2O3/c1-14-6-5-7-15(12-14)18(22)20-11-10-17-13-21(19(23)24-17)16-8-3-2-4-9-16/h2-9,12,17H,10-11,13H2,1H3,(H,20,22). The van der Waals surface area contributed by atoms with Crippen molar-refractivity contribution in [1.82, 2.24) is 5.32 Å². The van der Waals surface area contributed by atoms with E-state index in [4.69, 9.17) is 4.74 Å². The van der Waals surface area contributed by atoms with E-state index in [-0.39, 0.29) is 18.1 Å². The highest BCUT2D eigenvalue weighted by atomic mass is 16.6. The third kappa shape index (κ3) is 3.74. The van der Waals surface area contributed by atoms with Gasteiger partial charge in [-0.3, -0.25) is 9.69 Å². The molecule has 1 saturated heterocycles. The van der Waals surface area contributed by atoms with Crippen LogP contribution in [0.2, 0.25) is 0 Å². The number of cyclic esters (lactones) is 1. The topological polar surface area (TPSA) is 58.6 Å². The lowest BCUT2D eigenvalue weighted by Gasteiger charge is -2.12. The normalized spacial score (nSPS) is 16.8. The van der Waals surface area contributed by atoms with E-state index < -0.39 is 0 Å². The van der Waals surface area contributed by atoms with Crippen molar-refractivity contribution < 1.29 is 14.3 Å². The van der Waals surface area contributed by atoms with E-state index in [1.807, 2.05) is 55.5 Å². The number of para-hydroxylation sites is 1. The van der Waals surface area contributed by atoms with E-state index in [1.165, 1.54) is 0 Å². The van der Waals surface area contributed by atoms with E-state index in [0.717, 1.165) is 11.3 Å². The summed E-state index contributed by atoms with van der Waals surface area (Å²) >= 11 is 0. The maximum Gasteiger partial charge on any atom is 0.414 e. The summed E-state index contributed by atoms with van der Waals surface area (Å²) in [5.74, 6) is -0.108. The number of carbonyl (C=O) groups excluding carboxylic acids is 2. The molecular formula is C19H20N2O3. The number of nitrogens with zero attached hydrogens (tertiary/aromatic N) is 1. The van der Waals surface area contributed by atoms with Crippen molar-refractivity contribution in [2.24, 2.45) is 0 Å². The Balaban J connectivity index is 1.49. The van der Waals surface area contributed by atoms with Gasteiger partial charge in [-0.25, -0.2) is 4.79 Å². The lowest BCUT2D eigenvalue weighted by Crippen LogP contribution is -2.29. The molecule has 2 aromatic carbocycles. The van der Waals surface area contributed by atoms with E-state index in [9.17, 15) is 9.59 Å². The second-order valence-electron chi connectivity index (χ2n) is 5.87. The van der Waals surface area contributed by atoms with Gasteiger partial charge in [0.15, 0.2) is 0 Å². The van der Waals surface area contributed by atoms with Gasteiger partial charge in [-0.05, 0) is 31.2 Å². The monoisotopic (exact) mass is 324 g/mol. The molecule has 1 fully saturated rings. The molecule has 0 radical (unpaired) electrons. The van der Waals surface area contributed by atoms with Gasteiger partial charge >= 0.3 is 6.09 Å². The van der Waals surface area contributed by atoms with Crippen molar-refractivity contribution in [2.45, 2.75) is 19.4 Å². The summed E-state index contributed by atoms with van der Waals surface area (Å²) in [6, 6.07) is 16.9. The maximum atomic E-state index is 12.1. The van der Waals surface area contributed by atoms with Crippen LogP contribution in [0.4, 0.5) is 10.5 Å². The van der Waals surface area contributed by atoms with Crippen molar-refractivity contribution in [3.8, 4) is 0 Å². The van der Waals surface area contributed by atoms with Gasteiger partial charge in [0, 0.05) is 24.2 Å². The number of benzene rings is 2. The first-order valence-corrected chi connectivity index (χ1v) is 8.01. The van der Waals surface area contributed by atoms with Gasteiger partial charge in [0.05, 0.1) is 6.54 Å². The summed E-state index contributed by atoms with van der Waals surface area (Å²) in [5, 5.41) is 2.87. The smallest absolute Gasteiger partial charge is 0.414 e. The number of rotatable bonds is 5. The molecule has 124 valence electrons. The van der Waals surface area contributed by atoms with E-state index >= 15 is 0 Å². The van der Waals surface area contributed by atoms with Crippen LogP contribution in [-0.2, 0) is 4.74 Å². The van der Waals surface area contributed by atoms with Gasteiger partial charge in [-0.2, -0.15) is 0 Å². The van der Waals surface area contributed by atoms with Crippen molar-refractivity contribution >= 4 is 17.7 Å². The minimum absolute atomic E-state index is 0.108. The predicted octanol–water partition coefficient (Wildman–Crippen LogP) is 3.14. The van der Waals surface area contributed by atoms with Crippen molar-refractivity contribution in [3.63, 3.8) is 0 Å². The summed E-state index contributed by atoms with van der Waals surface area (Å²) in [6.45, 7) is 2.92. The molecule has 5 nitrogen and oxygen atoms in total. The number of anilines is 1. The highest BCUT2D eigenvalue weighted by molar-refractivity contribution is 5.94. The number of aryl methyl sites for hydroxylation is 1. The molecule has 2 aromatic rings. The first kappa shape index (κ1) is 16.1. The van der Waals surface area contributed by atoms with Gasteiger partial charge in [-0.1, -0.05) is 35.9 Å². The van der Waals surface area contributed by atoms with Gasteiger partial charge in [0.25, 0.3) is 5.91 Å². The van der Waals surface area contributed by atoms with Crippen LogP contribution in [0.5, 0.6) is 0 Å². The number of ether oxygens (including phenoxy) is 1. The summed E-state index contributed by atoms with van der Waals surface area (Å²) in [5.41, 5.74) is 2.52. The predicted molar refractivity (Wildman–Crippen MR) is 92.2 cm³/mol. The molecule has 2 amide bonds. The molecule has 24 heavy (non-hydrogen) atoms. The van der Waals surface area contributed by atoms with Crippen LogP contribution in [-0.4, -0.2) is 31.2 Å². The highest BCUT2D eigenvalue weighted by Crippen LogP contribution is 2.22. The fraction of sp³-hybridized carbons (Fsp3) is 0.263. The number of amides is 2. The zero-order chi connectivity index (χ0) is 16.9. The van der Waals surface area contributed by atoms with E-state index in [2.05, 4.69) is 5.32 Å². The minimum Gasteiger partial charge on any atom is -0.444 e. The molecule has 0 aromatic heterocycles. The fourth-order valence-electron chi connectivity index (χ4n) is 2.73. The Hall–Kier alpha value is -2.82. The minimum atomic E-state index is -0.337. The maximum absolute atomic E-state index is 12.1.